The summed E-state index contributed by atoms with van der Waals surface area (Å²) in [6, 6.07) is 5.40. The molecule has 0 amide bonds. The number of aliphatic hydroxyl groups excluding tert-OH is 2. The molecule has 0 aromatic heterocycles. The second-order valence-electron chi connectivity index (χ2n) is 4.71. The Bertz CT molecular complexity index is 393. The predicted octanol–water partition coefficient (Wildman–Crippen LogP) is 2.67. The fourth-order valence-electron chi connectivity index (χ4n) is 1.51. The Morgan fingerprint density at radius 2 is 1.84 bits per heavy atom. The molecule has 0 spiro atoms. The minimum atomic E-state index is -0.687. The zero-order valence-electron chi connectivity index (χ0n) is 11.5. The molecule has 2 N–H and O–H groups in total. The maximum Gasteiger partial charge on any atom is 0.125 e. The molecular weight excluding hydrogens is 312 g/mol. The zero-order valence-corrected chi connectivity index (χ0v) is 13.1. The van der Waals surface area contributed by atoms with Gasteiger partial charge in [-0.3, -0.25) is 0 Å². The highest BCUT2D eigenvalue weighted by molar-refractivity contribution is 9.10. The molecule has 0 radical (unpaired) electrons. The molecule has 0 saturated carbocycles. The number of ether oxygens (including phenoxy) is 2. The Kier molecular flexibility index (Phi) is 6.79. The highest BCUT2D eigenvalue weighted by Crippen LogP contribution is 2.28. The standard InChI is InChI=1S/C14H21BrO4/c1-9(2)18-7-12(17)8-19-14-5-4-11(15)6-13(14)10(3)16/h4-6,9-10,12,16-17H,7-8H2,1-3H3/t10-,12?/m1/s1. The summed E-state index contributed by atoms with van der Waals surface area (Å²) in [6.45, 7) is 5.86. The van der Waals surface area contributed by atoms with E-state index in [1.54, 1.807) is 19.1 Å². The molecule has 1 rings (SSSR count). The van der Waals surface area contributed by atoms with Crippen LogP contribution in [0.4, 0.5) is 0 Å². The van der Waals surface area contributed by atoms with Crippen LogP contribution in [0.2, 0.25) is 0 Å². The molecule has 0 aliphatic carbocycles. The summed E-state index contributed by atoms with van der Waals surface area (Å²) < 4.78 is 11.7. The molecule has 1 aromatic rings. The molecule has 19 heavy (non-hydrogen) atoms. The molecular formula is C14H21BrO4. The Morgan fingerprint density at radius 3 is 2.42 bits per heavy atom. The van der Waals surface area contributed by atoms with E-state index >= 15 is 0 Å². The van der Waals surface area contributed by atoms with Gasteiger partial charge in [-0.15, -0.1) is 0 Å². The second-order valence-corrected chi connectivity index (χ2v) is 5.62. The lowest BCUT2D eigenvalue weighted by Gasteiger charge is -2.17. The van der Waals surface area contributed by atoms with Gasteiger partial charge in [0.05, 0.1) is 18.8 Å². The van der Waals surface area contributed by atoms with E-state index in [9.17, 15) is 10.2 Å². The highest BCUT2D eigenvalue weighted by atomic mass is 79.9. The molecule has 0 bridgehead atoms. The van der Waals surface area contributed by atoms with Crippen LogP contribution < -0.4 is 4.74 Å². The van der Waals surface area contributed by atoms with Gasteiger partial charge in [-0.25, -0.2) is 0 Å². The lowest BCUT2D eigenvalue weighted by molar-refractivity contribution is -0.0126. The molecule has 2 atom stereocenters. The van der Waals surface area contributed by atoms with E-state index in [1.165, 1.54) is 0 Å². The molecule has 0 saturated heterocycles. The van der Waals surface area contributed by atoms with E-state index in [4.69, 9.17) is 9.47 Å². The van der Waals surface area contributed by atoms with Crippen molar-refractivity contribution >= 4 is 15.9 Å². The van der Waals surface area contributed by atoms with Gasteiger partial charge in [0.2, 0.25) is 0 Å². The first kappa shape index (κ1) is 16.4. The van der Waals surface area contributed by atoms with Gasteiger partial charge in [-0.05, 0) is 39.0 Å². The van der Waals surface area contributed by atoms with Gasteiger partial charge < -0.3 is 19.7 Å². The van der Waals surface area contributed by atoms with Crippen molar-refractivity contribution in [3.05, 3.63) is 28.2 Å². The number of hydrogen-bond acceptors (Lipinski definition) is 4. The molecule has 0 aliphatic rings. The van der Waals surface area contributed by atoms with Crippen molar-refractivity contribution < 1.29 is 19.7 Å². The summed E-state index contributed by atoms with van der Waals surface area (Å²) in [5, 5.41) is 19.4. The first-order chi connectivity index (χ1) is 8.90. The molecule has 0 fully saturated rings. The third kappa shape index (κ3) is 5.91. The minimum Gasteiger partial charge on any atom is -0.490 e. The summed E-state index contributed by atoms with van der Waals surface area (Å²) in [4.78, 5) is 0. The van der Waals surface area contributed by atoms with Gasteiger partial charge >= 0.3 is 0 Å². The molecule has 0 heterocycles. The van der Waals surface area contributed by atoms with Gasteiger partial charge in [-0.1, -0.05) is 15.9 Å². The first-order valence-electron chi connectivity index (χ1n) is 6.30. The van der Waals surface area contributed by atoms with Crippen LogP contribution in [0.5, 0.6) is 5.75 Å². The lowest BCUT2D eigenvalue weighted by atomic mass is 10.1. The smallest absolute Gasteiger partial charge is 0.125 e. The van der Waals surface area contributed by atoms with Crippen LogP contribution in [0.1, 0.15) is 32.4 Å². The van der Waals surface area contributed by atoms with Crippen LogP contribution in [0.25, 0.3) is 0 Å². The summed E-state index contributed by atoms with van der Waals surface area (Å²) in [6.07, 6.45) is -1.24. The first-order valence-corrected chi connectivity index (χ1v) is 7.09. The van der Waals surface area contributed by atoms with Crippen molar-refractivity contribution in [3.63, 3.8) is 0 Å². The van der Waals surface area contributed by atoms with Gasteiger partial charge in [0, 0.05) is 10.0 Å². The number of halogens is 1. The van der Waals surface area contributed by atoms with Crippen LogP contribution in [0, 0.1) is 0 Å². The number of benzene rings is 1. The van der Waals surface area contributed by atoms with Gasteiger partial charge in [-0.2, -0.15) is 0 Å². The van der Waals surface area contributed by atoms with Crippen molar-refractivity contribution in [1.29, 1.82) is 0 Å². The van der Waals surface area contributed by atoms with E-state index in [0.717, 1.165) is 4.47 Å². The summed E-state index contributed by atoms with van der Waals surface area (Å²) in [7, 11) is 0. The van der Waals surface area contributed by atoms with Crippen LogP contribution >= 0.6 is 15.9 Å². The maximum absolute atomic E-state index is 9.72. The topological polar surface area (TPSA) is 58.9 Å². The molecule has 1 aromatic carbocycles. The van der Waals surface area contributed by atoms with Gasteiger partial charge in [0.15, 0.2) is 0 Å². The molecule has 4 nitrogen and oxygen atoms in total. The van der Waals surface area contributed by atoms with E-state index < -0.39 is 12.2 Å². The van der Waals surface area contributed by atoms with E-state index in [0.29, 0.717) is 11.3 Å². The average Bonchev–Trinajstić information content (AvgIpc) is 2.34. The highest BCUT2D eigenvalue weighted by Gasteiger charge is 2.12. The summed E-state index contributed by atoms with van der Waals surface area (Å²) in [5.41, 5.74) is 0.686. The van der Waals surface area contributed by atoms with Gasteiger partial charge in [0.25, 0.3) is 0 Å². The lowest BCUT2D eigenvalue weighted by Crippen LogP contribution is -2.25. The van der Waals surface area contributed by atoms with Crippen molar-refractivity contribution in [2.45, 2.75) is 39.1 Å². The number of hydrogen-bond donors (Lipinski definition) is 2. The monoisotopic (exact) mass is 332 g/mol. The van der Waals surface area contributed by atoms with Crippen LogP contribution in [0.3, 0.4) is 0 Å². The fourth-order valence-corrected chi connectivity index (χ4v) is 1.89. The summed E-state index contributed by atoms with van der Waals surface area (Å²) >= 11 is 3.35. The van der Waals surface area contributed by atoms with Crippen molar-refractivity contribution in [3.8, 4) is 5.75 Å². The van der Waals surface area contributed by atoms with E-state index in [-0.39, 0.29) is 19.3 Å². The van der Waals surface area contributed by atoms with Crippen molar-refractivity contribution in [2.24, 2.45) is 0 Å². The van der Waals surface area contributed by atoms with Crippen LogP contribution in [-0.2, 0) is 4.74 Å². The van der Waals surface area contributed by atoms with Crippen molar-refractivity contribution in [1.82, 2.24) is 0 Å². The number of aliphatic hydroxyl groups is 2. The summed E-state index contributed by atoms with van der Waals surface area (Å²) in [5.74, 6) is 0.571. The molecule has 5 heteroatoms. The normalized spacial score (nSPS) is 14.5. The SMILES string of the molecule is CC(C)OCC(O)COc1ccc(Br)cc1[C@@H](C)O. The van der Waals surface area contributed by atoms with E-state index in [1.807, 2.05) is 19.9 Å². The Morgan fingerprint density at radius 1 is 1.16 bits per heavy atom. The van der Waals surface area contributed by atoms with Crippen LogP contribution in [-0.4, -0.2) is 35.6 Å². The molecule has 108 valence electrons. The van der Waals surface area contributed by atoms with Gasteiger partial charge in [0.1, 0.15) is 18.5 Å². The number of rotatable bonds is 7. The zero-order chi connectivity index (χ0) is 14.4. The largest absolute Gasteiger partial charge is 0.490 e. The van der Waals surface area contributed by atoms with Crippen LogP contribution in [0.15, 0.2) is 22.7 Å². The Labute approximate surface area is 122 Å². The predicted molar refractivity (Wildman–Crippen MR) is 77.4 cm³/mol. The average molecular weight is 333 g/mol. The maximum atomic E-state index is 9.72. The second kappa shape index (κ2) is 7.85. The Balaban J connectivity index is 2.57. The van der Waals surface area contributed by atoms with E-state index in [2.05, 4.69) is 15.9 Å². The molecule has 1 unspecified atom stereocenters. The fraction of sp³-hybridized carbons (Fsp3) is 0.571. The van der Waals surface area contributed by atoms with Crippen molar-refractivity contribution in [2.75, 3.05) is 13.2 Å². The third-order valence-electron chi connectivity index (χ3n) is 2.48. The Hall–Kier alpha value is -0.620. The molecule has 0 aliphatic heterocycles. The quantitative estimate of drug-likeness (QED) is 0.805. The third-order valence-corrected chi connectivity index (χ3v) is 2.97. The minimum absolute atomic E-state index is 0.0790.